The van der Waals surface area contributed by atoms with Crippen molar-refractivity contribution < 1.29 is 4.79 Å². The molecule has 1 saturated carbocycles. The molecule has 1 amide bonds. The molecule has 1 rings (SSSR count). The minimum absolute atomic E-state index is 0.0223. The van der Waals surface area contributed by atoms with Crippen LogP contribution in [0, 0.1) is 22.7 Å². The van der Waals surface area contributed by atoms with Crippen molar-refractivity contribution in [2.75, 3.05) is 7.05 Å². The number of carbonyl (C=O) groups is 1. The average Bonchev–Trinajstić information content (AvgIpc) is 2.22. The first-order valence-electron chi connectivity index (χ1n) is 6.15. The Hall–Kier alpha value is -1.04. The summed E-state index contributed by atoms with van der Waals surface area (Å²) in [5.74, 6) is 0.535. The molecular formula is C13H22N2O. The Morgan fingerprint density at radius 1 is 1.62 bits per heavy atom. The van der Waals surface area contributed by atoms with Gasteiger partial charge in [0.1, 0.15) is 5.41 Å². The normalized spacial score (nSPS) is 30.1. The zero-order valence-corrected chi connectivity index (χ0v) is 10.8. The minimum Gasteiger partial charge on any atom is -0.342 e. The highest BCUT2D eigenvalue weighted by molar-refractivity contribution is 5.86. The van der Waals surface area contributed by atoms with Gasteiger partial charge in [-0.15, -0.1) is 0 Å². The number of carbonyl (C=O) groups excluding carboxylic acids is 1. The van der Waals surface area contributed by atoms with Crippen molar-refractivity contribution in [3.05, 3.63) is 0 Å². The SMILES string of the molecule is CCCC(C)N(C)C(=O)C1(C#N)CC(C)C1. The molecular weight excluding hydrogens is 200 g/mol. The molecule has 90 valence electrons. The van der Waals surface area contributed by atoms with Gasteiger partial charge in [-0.2, -0.15) is 5.26 Å². The molecule has 1 fully saturated rings. The maximum absolute atomic E-state index is 12.2. The fraction of sp³-hybridized carbons (Fsp3) is 0.846. The van der Waals surface area contributed by atoms with Gasteiger partial charge in [0.25, 0.3) is 0 Å². The average molecular weight is 222 g/mol. The van der Waals surface area contributed by atoms with Crippen LogP contribution in [0.15, 0.2) is 0 Å². The van der Waals surface area contributed by atoms with Crippen LogP contribution in [0.25, 0.3) is 0 Å². The molecule has 3 heteroatoms. The lowest BCUT2D eigenvalue weighted by molar-refractivity contribution is -0.145. The second-order valence-electron chi connectivity index (χ2n) is 5.26. The highest BCUT2D eigenvalue weighted by Crippen LogP contribution is 2.46. The van der Waals surface area contributed by atoms with Crippen molar-refractivity contribution in [2.45, 2.75) is 52.5 Å². The monoisotopic (exact) mass is 222 g/mol. The van der Waals surface area contributed by atoms with E-state index in [0.717, 1.165) is 25.7 Å². The first kappa shape index (κ1) is 13.0. The van der Waals surface area contributed by atoms with Gasteiger partial charge in [-0.1, -0.05) is 20.3 Å². The van der Waals surface area contributed by atoms with Crippen LogP contribution in [0.1, 0.15) is 46.5 Å². The Morgan fingerprint density at radius 3 is 2.56 bits per heavy atom. The van der Waals surface area contributed by atoms with Crippen LogP contribution < -0.4 is 0 Å². The van der Waals surface area contributed by atoms with E-state index in [-0.39, 0.29) is 11.9 Å². The van der Waals surface area contributed by atoms with Crippen molar-refractivity contribution in [2.24, 2.45) is 11.3 Å². The van der Waals surface area contributed by atoms with E-state index in [1.807, 2.05) is 7.05 Å². The summed E-state index contributed by atoms with van der Waals surface area (Å²) in [5.41, 5.74) is -0.712. The van der Waals surface area contributed by atoms with Crippen LogP contribution in [0.5, 0.6) is 0 Å². The van der Waals surface area contributed by atoms with E-state index in [2.05, 4.69) is 26.8 Å². The van der Waals surface area contributed by atoms with Gasteiger partial charge in [0.15, 0.2) is 0 Å². The number of hydrogen-bond donors (Lipinski definition) is 0. The maximum Gasteiger partial charge on any atom is 0.243 e. The second-order valence-corrected chi connectivity index (χ2v) is 5.26. The summed E-state index contributed by atoms with van der Waals surface area (Å²) < 4.78 is 0. The van der Waals surface area contributed by atoms with Crippen molar-refractivity contribution in [1.82, 2.24) is 4.90 Å². The molecule has 0 saturated heterocycles. The summed E-state index contributed by atoms with van der Waals surface area (Å²) in [6, 6.07) is 2.47. The van der Waals surface area contributed by atoms with E-state index in [1.54, 1.807) is 4.90 Å². The van der Waals surface area contributed by atoms with Crippen LogP contribution in [0.2, 0.25) is 0 Å². The number of rotatable bonds is 4. The van der Waals surface area contributed by atoms with Gasteiger partial charge in [-0.25, -0.2) is 0 Å². The number of nitriles is 1. The van der Waals surface area contributed by atoms with E-state index < -0.39 is 5.41 Å². The van der Waals surface area contributed by atoms with E-state index in [1.165, 1.54) is 0 Å². The summed E-state index contributed by atoms with van der Waals surface area (Å²) in [5, 5.41) is 9.19. The van der Waals surface area contributed by atoms with Crippen molar-refractivity contribution in [1.29, 1.82) is 5.26 Å². The molecule has 1 atom stereocenters. The molecule has 3 nitrogen and oxygen atoms in total. The zero-order chi connectivity index (χ0) is 12.3. The van der Waals surface area contributed by atoms with Gasteiger partial charge in [0.2, 0.25) is 5.91 Å². The van der Waals surface area contributed by atoms with Gasteiger partial charge < -0.3 is 4.90 Å². The summed E-state index contributed by atoms with van der Waals surface area (Å²) in [4.78, 5) is 14.0. The molecule has 1 aliphatic rings. The Kier molecular flexibility index (Phi) is 3.96. The fourth-order valence-corrected chi connectivity index (χ4v) is 2.59. The quantitative estimate of drug-likeness (QED) is 0.733. The van der Waals surface area contributed by atoms with Crippen LogP contribution in [-0.4, -0.2) is 23.9 Å². The molecule has 0 aromatic heterocycles. The third kappa shape index (κ3) is 2.21. The molecule has 16 heavy (non-hydrogen) atoms. The highest BCUT2D eigenvalue weighted by atomic mass is 16.2. The summed E-state index contributed by atoms with van der Waals surface area (Å²) in [7, 11) is 1.82. The first-order chi connectivity index (χ1) is 7.46. The largest absolute Gasteiger partial charge is 0.342 e. The van der Waals surface area contributed by atoms with E-state index in [0.29, 0.717) is 5.92 Å². The Morgan fingerprint density at radius 2 is 2.19 bits per heavy atom. The molecule has 0 aromatic rings. The van der Waals surface area contributed by atoms with Gasteiger partial charge in [-0.3, -0.25) is 4.79 Å². The standard InChI is InChI=1S/C13H22N2O/c1-5-6-11(3)15(4)12(16)13(9-14)7-10(2)8-13/h10-11H,5-8H2,1-4H3. The van der Waals surface area contributed by atoms with Crippen LogP contribution in [0.4, 0.5) is 0 Å². The van der Waals surface area contributed by atoms with Gasteiger partial charge in [0, 0.05) is 13.1 Å². The minimum atomic E-state index is -0.712. The molecule has 1 unspecified atom stereocenters. The molecule has 0 radical (unpaired) electrons. The van der Waals surface area contributed by atoms with Crippen LogP contribution in [0.3, 0.4) is 0 Å². The van der Waals surface area contributed by atoms with E-state index in [4.69, 9.17) is 0 Å². The summed E-state index contributed by atoms with van der Waals surface area (Å²) >= 11 is 0. The van der Waals surface area contributed by atoms with Crippen molar-refractivity contribution in [3.8, 4) is 6.07 Å². The summed E-state index contributed by atoms with van der Waals surface area (Å²) in [6.07, 6.45) is 3.52. The first-order valence-corrected chi connectivity index (χ1v) is 6.15. The van der Waals surface area contributed by atoms with Gasteiger partial charge in [-0.05, 0) is 32.1 Å². The van der Waals surface area contributed by atoms with Crippen molar-refractivity contribution in [3.63, 3.8) is 0 Å². The van der Waals surface area contributed by atoms with Crippen LogP contribution >= 0.6 is 0 Å². The predicted octanol–water partition coefficient (Wildman–Crippen LogP) is 2.57. The number of amides is 1. The Labute approximate surface area is 98.4 Å². The molecule has 0 aromatic carbocycles. The lowest BCUT2D eigenvalue weighted by Gasteiger charge is -2.42. The third-order valence-corrected chi connectivity index (χ3v) is 3.71. The topological polar surface area (TPSA) is 44.1 Å². The molecule has 1 aliphatic carbocycles. The number of nitrogens with zero attached hydrogens (tertiary/aromatic N) is 2. The zero-order valence-electron chi connectivity index (χ0n) is 10.8. The lowest BCUT2D eigenvalue weighted by atomic mass is 9.62. The Balaban J connectivity index is 2.67. The van der Waals surface area contributed by atoms with Gasteiger partial charge in [0.05, 0.1) is 6.07 Å². The maximum atomic E-state index is 12.2. The molecule has 0 aliphatic heterocycles. The molecule has 0 spiro atoms. The van der Waals surface area contributed by atoms with E-state index >= 15 is 0 Å². The molecule has 0 N–H and O–H groups in total. The Bertz CT molecular complexity index is 300. The smallest absolute Gasteiger partial charge is 0.243 e. The molecule has 0 bridgehead atoms. The highest BCUT2D eigenvalue weighted by Gasteiger charge is 2.50. The predicted molar refractivity (Wildman–Crippen MR) is 63.6 cm³/mol. The number of hydrogen-bond acceptors (Lipinski definition) is 2. The van der Waals surface area contributed by atoms with Crippen molar-refractivity contribution >= 4 is 5.91 Å². The van der Waals surface area contributed by atoms with Gasteiger partial charge >= 0.3 is 0 Å². The third-order valence-electron chi connectivity index (χ3n) is 3.71. The second kappa shape index (κ2) is 4.86. The fourth-order valence-electron chi connectivity index (χ4n) is 2.59. The molecule has 0 heterocycles. The summed E-state index contributed by atoms with van der Waals surface area (Å²) in [6.45, 7) is 6.26. The van der Waals surface area contributed by atoms with E-state index in [9.17, 15) is 10.1 Å². The lowest BCUT2D eigenvalue weighted by Crippen LogP contribution is -2.51. The van der Waals surface area contributed by atoms with Crippen LogP contribution in [-0.2, 0) is 4.79 Å².